The molecule has 1 saturated heterocycles. The Labute approximate surface area is 241 Å². The maximum atomic E-state index is 13.1. The van der Waals surface area contributed by atoms with Crippen LogP contribution >= 0.6 is 39.1 Å². The van der Waals surface area contributed by atoms with Crippen LogP contribution in [0.3, 0.4) is 0 Å². The minimum atomic E-state index is -0.866. The van der Waals surface area contributed by atoms with E-state index in [4.69, 9.17) is 32.7 Å². The minimum absolute atomic E-state index is 0.0666. The summed E-state index contributed by atoms with van der Waals surface area (Å²) in [6.07, 6.45) is 1.28. The van der Waals surface area contributed by atoms with Crippen molar-refractivity contribution in [2.75, 3.05) is 23.9 Å². The molecule has 0 unspecified atom stereocenters. The zero-order chi connectivity index (χ0) is 28.3. The van der Waals surface area contributed by atoms with Crippen molar-refractivity contribution in [3.8, 4) is 11.5 Å². The van der Waals surface area contributed by atoms with Crippen LogP contribution in [-0.2, 0) is 14.4 Å². The number of carbonyl (C=O) groups is 4. The Morgan fingerprint density at radius 3 is 2.44 bits per heavy atom. The molecule has 5 amide bonds. The molecule has 1 fully saturated rings. The first-order valence-corrected chi connectivity index (χ1v) is 12.9. The molecule has 0 bridgehead atoms. The molecule has 0 aromatic heterocycles. The molecule has 1 heterocycles. The Bertz CT molecular complexity index is 1520. The Kier molecular flexibility index (Phi) is 8.59. The highest BCUT2D eigenvalue weighted by Crippen LogP contribution is 2.37. The monoisotopic (exact) mass is 631 g/mol. The van der Waals surface area contributed by atoms with Crippen molar-refractivity contribution in [3.63, 3.8) is 0 Å². The quantitative estimate of drug-likeness (QED) is 0.253. The van der Waals surface area contributed by atoms with E-state index < -0.39 is 23.8 Å². The number of benzene rings is 3. The molecule has 0 saturated carbocycles. The van der Waals surface area contributed by atoms with E-state index in [2.05, 4.69) is 26.6 Å². The molecule has 4 rings (SSSR count). The van der Waals surface area contributed by atoms with Crippen LogP contribution in [0.1, 0.15) is 11.1 Å². The first-order valence-electron chi connectivity index (χ1n) is 11.3. The predicted octanol–water partition coefficient (Wildman–Crippen LogP) is 5.76. The normalized spacial score (nSPS) is 14.3. The van der Waals surface area contributed by atoms with E-state index in [-0.39, 0.29) is 34.4 Å². The van der Waals surface area contributed by atoms with E-state index in [0.29, 0.717) is 16.3 Å². The van der Waals surface area contributed by atoms with Crippen molar-refractivity contribution < 1.29 is 28.7 Å². The number of methoxy groups -OCH3 is 1. The van der Waals surface area contributed by atoms with Gasteiger partial charge in [-0.2, -0.15) is 0 Å². The van der Waals surface area contributed by atoms with Crippen LogP contribution < -0.4 is 25.0 Å². The zero-order valence-electron chi connectivity index (χ0n) is 20.5. The molecule has 1 aliphatic rings. The highest BCUT2D eigenvalue weighted by atomic mass is 79.9. The first-order chi connectivity index (χ1) is 18.6. The summed E-state index contributed by atoms with van der Waals surface area (Å²) >= 11 is 15.8. The number of urea groups is 1. The number of barbiturate groups is 1. The second kappa shape index (κ2) is 11.9. The maximum absolute atomic E-state index is 13.1. The van der Waals surface area contributed by atoms with Gasteiger partial charge in [0.2, 0.25) is 0 Å². The summed E-state index contributed by atoms with van der Waals surface area (Å²) in [5, 5.41) is 5.42. The molecule has 1 aliphatic heterocycles. The van der Waals surface area contributed by atoms with Crippen LogP contribution in [0.5, 0.6) is 11.5 Å². The lowest BCUT2D eigenvalue weighted by molar-refractivity contribution is -0.122. The molecule has 9 nitrogen and oxygen atoms in total. The van der Waals surface area contributed by atoms with E-state index in [1.54, 1.807) is 42.5 Å². The summed E-state index contributed by atoms with van der Waals surface area (Å²) in [6.45, 7) is 1.46. The van der Waals surface area contributed by atoms with Gasteiger partial charge in [0.15, 0.2) is 18.1 Å². The van der Waals surface area contributed by atoms with Crippen LogP contribution in [0.25, 0.3) is 6.08 Å². The largest absolute Gasteiger partial charge is 0.493 e. The van der Waals surface area contributed by atoms with E-state index in [1.807, 2.05) is 6.92 Å². The van der Waals surface area contributed by atoms with Gasteiger partial charge >= 0.3 is 6.03 Å². The fourth-order valence-corrected chi connectivity index (χ4v) is 4.34. The average Bonchev–Trinajstić information content (AvgIpc) is 2.88. The van der Waals surface area contributed by atoms with Crippen molar-refractivity contribution in [2.24, 2.45) is 0 Å². The van der Waals surface area contributed by atoms with Gasteiger partial charge in [-0.05, 0) is 72.7 Å². The lowest BCUT2D eigenvalue weighted by Gasteiger charge is -2.26. The smallest absolute Gasteiger partial charge is 0.335 e. The van der Waals surface area contributed by atoms with Crippen molar-refractivity contribution >= 4 is 80.3 Å². The summed E-state index contributed by atoms with van der Waals surface area (Å²) in [5.41, 5.74) is 1.69. The molecule has 12 heteroatoms. The van der Waals surface area contributed by atoms with Crippen LogP contribution in [-0.4, -0.2) is 37.5 Å². The number of nitrogens with one attached hydrogen (secondary N) is 2. The van der Waals surface area contributed by atoms with Gasteiger partial charge in [0.1, 0.15) is 5.57 Å². The molecule has 200 valence electrons. The fraction of sp³-hybridized carbons (Fsp3) is 0.111. The number of aryl methyl sites for hydroxylation is 1. The van der Waals surface area contributed by atoms with Crippen molar-refractivity contribution in [1.29, 1.82) is 0 Å². The summed E-state index contributed by atoms with van der Waals surface area (Å²) in [6, 6.07) is 13.6. The Balaban J connectivity index is 1.54. The van der Waals surface area contributed by atoms with Crippen molar-refractivity contribution in [2.45, 2.75) is 6.92 Å². The van der Waals surface area contributed by atoms with E-state index >= 15 is 0 Å². The number of ether oxygens (including phenoxy) is 2. The number of nitrogens with zero attached hydrogens (tertiary/aromatic N) is 1. The zero-order valence-corrected chi connectivity index (χ0v) is 23.6. The summed E-state index contributed by atoms with van der Waals surface area (Å²) in [4.78, 5) is 51.3. The van der Waals surface area contributed by atoms with Gasteiger partial charge in [-0.15, -0.1) is 0 Å². The van der Waals surface area contributed by atoms with Gasteiger partial charge in [0.05, 0.1) is 17.8 Å². The molecule has 0 atom stereocenters. The topological polar surface area (TPSA) is 114 Å². The molecule has 0 radical (unpaired) electrons. The lowest BCUT2D eigenvalue weighted by Crippen LogP contribution is -2.54. The van der Waals surface area contributed by atoms with E-state index in [9.17, 15) is 19.2 Å². The number of hydrogen-bond acceptors (Lipinski definition) is 6. The van der Waals surface area contributed by atoms with E-state index in [1.165, 1.54) is 25.3 Å². The number of imide groups is 2. The highest BCUT2D eigenvalue weighted by Gasteiger charge is 2.36. The fourth-order valence-electron chi connectivity index (χ4n) is 3.62. The highest BCUT2D eigenvalue weighted by molar-refractivity contribution is 9.10. The SMILES string of the molecule is COc1cc(/C=C2\C(=O)NC(=O)N(c3ccc(Br)cc3)C2=O)cc(Cl)c1OCC(=O)Nc1ccc(C)c(Cl)c1. The predicted molar refractivity (Wildman–Crippen MR) is 151 cm³/mol. The lowest BCUT2D eigenvalue weighted by atomic mass is 10.1. The summed E-state index contributed by atoms with van der Waals surface area (Å²) < 4.78 is 11.7. The second-order valence-electron chi connectivity index (χ2n) is 8.27. The molecule has 0 spiro atoms. The molecular weight excluding hydrogens is 613 g/mol. The third-order valence-electron chi connectivity index (χ3n) is 5.55. The number of hydrogen-bond donors (Lipinski definition) is 2. The second-order valence-corrected chi connectivity index (χ2v) is 10.00. The van der Waals surface area contributed by atoms with E-state index in [0.717, 1.165) is 14.9 Å². The molecule has 0 aliphatic carbocycles. The third-order valence-corrected chi connectivity index (χ3v) is 6.77. The summed E-state index contributed by atoms with van der Waals surface area (Å²) in [7, 11) is 1.37. The Morgan fingerprint density at radius 1 is 1.05 bits per heavy atom. The first kappa shape index (κ1) is 28.2. The van der Waals surface area contributed by atoms with Crippen molar-refractivity contribution in [1.82, 2.24) is 5.32 Å². The molecule has 39 heavy (non-hydrogen) atoms. The standard InChI is InChI=1S/C27H20BrCl2N3O6/c1-14-3-6-17(12-20(14)29)31-23(34)13-39-24-21(30)10-15(11-22(24)38-2)9-19-25(35)32-27(37)33(26(19)36)18-7-4-16(28)5-8-18/h3-12H,13H2,1-2H3,(H,31,34)(H,32,35,37)/b19-9+. The van der Waals surface area contributed by atoms with Crippen LogP contribution in [0, 0.1) is 6.92 Å². The molecule has 3 aromatic rings. The van der Waals surface area contributed by atoms with Gasteiger partial charge in [0, 0.05) is 15.2 Å². The van der Waals surface area contributed by atoms with Crippen LogP contribution in [0.2, 0.25) is 10.0 Å². The van der Waals surface area contributed by atoms with Crippen molar-refractivity contribution in [3.05, 3.63) is 85.8 Å². The molecule has 2 N–H and O–H groups in total. The van der Waals surface area contributed by atoms with Crippen LogP contribution in [0.15, 0.2) is 64.6 Å². The van der Waals surface area contributed by atoms with Crippen LogP contribution in [0.4, 0.5) is 16.2 Å². The third kappa shape index (κ3) is 6.42. The average molecular weight is 633 g/mol. The van der Waals surface area contributed by atoms with Gasteiger partial charge in [0.25, 0.3) is 17.7 Å². The number of carbonyl (C=O) groups excluding carboxylic acids is 4. The molecular formula is C27H20BrCl2N3O6. The van der Waals surface area contributed by atoms with Gasteiger partial charge in [-0.1, -0.05) is 45.2 Å². The number of rotatable bonds is 7. The van der Waals surface area contributed by atoms with Gasteiger partial charge in [-0.25, -0.2) is 9.69 Å². The Hall–Kier alpha value is -3.86. The van der Waals surface area contributed by atoms with Gasteiger partial charge < -0.3 is 14.8 Å². The number of halogens is 3. The maximum Gasteiger partial charge on any atom is 0.335 e. The minimum Gasteiger partial charge on any atom is -0.493 e. The number of amides is 5. The summed E-state index contributed by atoms with van der Waals surface area (Å²) in [5.74, 6) is -1.88. The van der Waals surface area contributed by atoms with Gasteiger partial charge in [-0.3, -0.25) is 19.7 Å². The Morgan fingerprint density at radius 2 is 1.77 bits per heavy atom. The number of anilines is 2. The molecule has 3 aromatic carbocycles.